The minimum absolute atomic E-state index is 0.299. The summed E-state index contributed by atoms with van der Waals surface area (Å²) < 4.78 is 12.4. The van der Waals surface area contributed by atoms with E-state index in [1.807, 2.05) is 6.07 Å². The first-order valence-corrected chi connectivity index (χ1v) is 3.59. The first kappa shape index (κ1) is 9.20. The number of hydrogen-bond acceptors (Lipinski definition) is 3. The number of benzene rings is 1. The van der Waals surface area contributed by atoms with Crippen LogP contribution in [0.1, 0.15) is 16.7 Å². The third-order valence-corrected chi connectivity index (χ3v) is 1.65. The van der Waals surface area contributed by atoms with E-state index in [9.17, 15) is 4.39 Å². The van der Waals surface area contributed by atoms with Crippen molar-refractivity contribution in [1.29, 1.82) is 5.26 Å². The second kappa shape index (κ2) is 4.21. The predicted octanol–water partition coefficient (Wildman–Crippen LogP) is 1.84. The molecule has 0 spiro atoms. The van der Waals surface area contributed by atoms with Gasteiger partial charge in [0, 0.05) is 5.56 Å². The summed E-state index contributed by atoms with van der Waals surface area (Å²) in [4.78, 5) is 0. The Bertz CT molecular complexity index is 368. The van der Waals surface area contributed by atoms with Crippen LogP contribution in [0.15, 0.2) is 23.4 Å². The van der Waals surface area contributed by atoms with Gasteiger partial charge in [0.15, 0.2) is 0 Å². The maximum Gasteiger partial charge on any atom is 0.115 e. The third kappa shape index (κ3) is 1.82. The summed E-state index contributed by atoms with van der Waals surface area (Å²) in [7, 11) is 0. The minimum atomic E-state index is -0.684. The molecule has 4 heteroatoms. The van der Waals surface area contributed by atoms with Crippen LogP contribution in [0.3, 0.4) is 0 Å². The van der Waals surface area contributed by atoms with Gasteiger partial charge in [0.1, 0.15) is 6.67 Å². The van der Waals surface area contributed by atoms with Gasteiger partial charge in [-0.3, -0.25) is 0 Å². The Labute approximate surface area is 74.7 Å². The zero-order chi connectivity index (χ0) is 9.68. The summed E-state index contributed by atoms with van der Waals surface area (Å²) in [6.45, 7) is -0.684. The zero-order valence-electron chi connectivity index (χ0n) is 6.74. The summed E-state index contributed by atoms with van der Waals surface area (Å²) in [5.41, 5.74) is 0.972. The fraction of sp³-hybridized carbons (Fsp3) is 0.111. The van der Waals surface area contributed by atoms with Crippen LogP contribution < -0.4 is 0 Å². The highest BCUT2D eigenvalue weighted by Crippen LogP contribution is 2.13. The number of oxime groups is 1. The summed E-state index contributed by atoms with van der Waals surface area (Å²) >= 11 is 0. The van der Waals surface area contributed by atoms with Gasteiger partial charge in [-0.2, -0.15) is 5.26 Å². The van der Waals surface area contributed by atoms with Gasteiger partial charge in [0.05, 0.1) is 17.8 Å². The Morgan fingerprint density at radius 2 is 2.38 bits per heavy atom. The first-order chi connectivity index (χ1) is 6.33. The number of alkyl halides is 1. The zero-order valence-corrected chi connectivity index (χ0v) is 6.74. The molecule has 0 atom stereocenters. The Hall–Kier alpha value is -1.89. The molecule has 0 fully saturated rings. The van der Waals surface area contributed by atoms with Crippen molar-refractivity contribution in [2.75, 3.05) is 0 Å². The van der Waals surface area contributed by atoms with Crippen molar-refractivity contribution in [2.24, 2.45) is 5.16 Å². The van der Waals surface area contributed by atoms with E-state index in [2.05, 4.69) is 5.16 Å². The quantitative estimate of drug-likeness (QED) is 0.426. The van der Waals surface area contributed by atoms with Crippen LogP contribution in [-0.4, -0.2) is 11.4 Å². The van der Waals surface area contributed by atoms with E-state index in [-0.39, 0.29) is 0 Å². The molecule has 3 nitrogen and oxygen atoms in total. The molecule has 1 N–H and O–H groups in total. The number of halogens is 1. The predicted molar refractivity (Wildman–Crippen MR) is 45.3 cm³/mol. The molecule has 13 heavy (non-hydrogen) atoms. The smallest absolute Gasteiger partial charge is 0.115 e. The molecule has 0 bridgehead atoms. The van der Waals surface area contributed by atoms with Gasteiger partial charge in [0.25, 0.3) is 0 Å². The molecule has 0 radical (unpaired) electrons. The number of nitrogens with zero attached hydrogens (tertiary/aromatic N) is 2. The van der Waals surface area contributed by atoms with Crippen molar-refractivity contribution in [3.05, 3.63) is 34.9 Å². The molecule has 0 aliphatic rings. The van der Waals surface area contributed by atoms with Gasteiger partial charge in [-0.05, 0) is 11.6 Å². The average molecular weight is 178 g/mol. The first-order valence-electron chi connectivity index (χ1n) is 3.59. The van der Waals surface area contributed by atoms with Crippen LogP contribution in [0.5, 0.6) is 0 Å². The highest BCUT2D eigenvalue weighted by atomic mass is 19.1. The van der Waals surface area contributed by atoms with E-state index in [0.29, 0.717) is 16.7 Å². The molecule has 1 rings (SSSR count). The highest BCUT2D eigenvalue weighted by molar-refractivity contribution is 5.84. The van der Waals surface area contributed by atoms with E-state index in [1.54, 1.807) is 6.07 Å². The molecule has 0 amide bonds. The monoisotopic (exact) mass is 178 g/mol. The van der Waals surface area contributed by atoms with Crippen molar-refractivity contribution in [3.63, 3.8) is 0 Å². The molecule has 0 aliphatic heterocycles. The largest absolute Gasteiger partial charge is 0.411 e. The van der Waals surface area contributed by atoms with Crippen LogP contribution in [-0.2, 0) is 6.67 Å². The molecule has 0 saturated heterocycles. The SMILES string of the molecule is N#Cc1cccc(CF)c1/C=N/O. The fourth-order valence-corrected chi connectivity index (χ4v) is 1.04. The topological polar surface area (TPSA) is 56.4 Å². The van der Waals surface area contributed by atoms with Gasteiger partial charge in [0.2, 0.25) is 0 Å². The van der Waals surface area contributed by atoms with Crippen LogP contribution in [0.25, 0.3) is 0 Å². The van der Waals surface area contributed by atoms with E-state index in [1.165, 1.54) is 12.1 Å². The van der Waals surface area contributed by atoms with Crippen molar-refractivity contribution < 1.29 is 9.60 Å². The Kier molecular flexibility index (Phi) is 2.98. The minimum Gasteiger partial charge on any atom is -0.411 e. The molecule has 0 unspecified atom stereocenters. The summed E-state index contributed by atoms with van der Waals surface area (Å²) in [5.74, 6) is 0. The molecular formula is C9H7FN2O. The molecule has 0 heterocycles. The van der Waals surface area contributed by atoms with Crippen molar-refractivity contribution in [3.8, 4) is 6.07 Å². The molecule has 66 valence electrons. The van der Waals surface area contributed by atoms with Gasteiger partial charge in [-0.15, -0.1) is 0 Å². The number of hydrogen-bond donors (Lipinski definition) is 1. The van der Waals surface area contributed by atoms with Gasteiger partial charge < -0.3 is 5.21 Å². The maximum atomic E-state index is 12.4. The summed E-state index contributed by atoms with van der Waals surface area (Å²) in [5, 5.41) is 19.7. The molecule has 0 saturated carbocycles. The van der Waals surface area contributed by atoms with E-state index in [0.717, 1.165) is 6.21 Å². The summed E-state index contributed by atoms with van der Waals surface area (Å²) in [6.07, 6.45) is 1.06. The Morgan fingerprint density at radius 1 is 1.62 bits per heavy atom. The lowest BCUT2D eigenvalue weighted by molar-refractivity contribution is 0.321. The van der Waals surface area contributed by atoms with E-state index in [4.69, 9.17) is 10.5 Å². The standard InChI is InChI=1S/C9H7FN2O/c10-4-7-2-1-3-8(5-11)9(7)6-12-13/h1-3,6,13H,4H2/b12-6+. The van der Waals surface area contributed by atoms with Crippen molar-refractivity contribution in [2.45, 2.75) is 6.67 Å². The van der Waals surface area contributed by atoms with Gasteiger partial charge >= 0.3 is 0 Å². The second-order valence-electron chi connectivity index (χ2n) is 2.37. The molecule has 0 aliphatic carbocycles. The van der Waals surface area contributed by atoms with Gasteiger partial charge in [-0.1, -0.05) is 17.3 Å². The fourth-order valence-electron chi connectivity index (χ4n) is 1.04. The summed E-state index contributed by atoms with van der Waals surface area (Å²) in [6, 6.07) is 6.55. The van der Waals surface area contributed by atoms with E-state index >= 15 is 0 Å². The van der Waals surface area contributed by atoms with Gasteiger partial charge in [-0.25, -0.2) is 4.39 Å². The average Bonchev–Trinajstić information content (AvgIpc) is 2.18. The van der Waals surface area contributed by atoms with E-state index < -0.39 is 6.67 Å². The number of nitriles is 1. The van der Waals surface area contributed by atoms with Crippen LogP contribution >= 0.6 is 0 Å². The van der Waals surface area contributed by atoms with Crippen LogP contribution in [0.4, 0.5) is 4.39 Å². The lowest BCUT2D eigenvalue weighted by Crippen LogP contribution is -1.94. The molecule has 0 aromatic heterocycles. The highest BCUT2D eigenvalue weighted by Gasteiger charge is 2.05. The van der Waals surface area contributed by atoms with Crippen LogP contribution in [0, 0.1) is 11.3 Å². The van der Waals surface area contributed by atoms with Crippen molar-refractivity contribution in [1.82, 2.24) is 0 Å². The maximum absolute atomic E-state index is 12.4. The molecule has 1 aromatic carbocycles. The lowest BCUT2D eigenvalue weighted by atomic mass is 10.0. The third-order valence-electron chi connectivity index (χ3n) is 1.65. The van der Waals surface area contributed by atoms with Crippen molar-refractivity contribution >= 4 is 6.21 Å². The molecular weight excluding hydrogens is 171 g/mol. The second-order valence-corrected chi connectivity index (χ2v) is 2.37. The Morgan fingerprint density at radius 3 is 2.92 bits per heavy atom. The number of rotatable bonds is 2. The molecule has 1 aromatic rings. The van der Waals surface area contributed by atoms with Crippen LogP contribution in [0.2, 0.25) is 0 Å². The normalized spacial score (nSPS) is 10.2. The lowest BCUT2D eigenvalue weighted by Gasteiger charge is -2.01. The Balaban J connectivity index is 3.31.